The van der Waals surface area contributed by atoms with E-state index in [-0.39, 0.29) is 36.1 Å². The third kappa shape index (κ3) is 5.71. The Balaban J connectivity index is 0.00000338. The van der Waals surface area contributed by atoms with E-state index in [2.05, 4.69) is 19.2 Å². The van der Waals surface area contributed by atoms with Gasteiger partial charge in [0.15, 0.2) is 0 Å². The maximum atomic E-state index is 12.6. The van der Waals surface area contributed by atoms with Crippen molar-refractivity contribution in [3.63, 3.8) is 0 Å². The summed E-state index contributed by atoms with van der Waals surface area (Å²) in [4.78, 5) is 26.9. The summed E-state index contributed by atoms with van der Waals surface area (Å²) >= 11 is 0. The van der Waals surface area contributed by atoms with Crippen LogP contribution in [0.15, 0.2) is 24.3 Å². The predicted molar refractivity (Wildman–Crippen MR) is 109 cm³/mol. The van der Waals surface area contributed by atoms with E-state index in [1.165, 1.54) is 0 Å². The molecule has 26 heavy (non-hydrogen) atoms. The van der Waals surface area contributed by atoms with Crippen LogP contribution in [0.2, 0.25) is 0 Å². The van der Waals surface area contributed by atoms with Crippen LogP contribution in [0.4, 0.5) is 5.69 Å². The summed E-state index contributed by atoms with van der Waals surface area (Å²) in [6.45, 7) is 6.26. The Bertz CT molecular complexity index is 571. The summed E-state index contributed by atoms with van der Waals surface area (Å²) in [7, 11) is 0. The number of nitrogens with zero attached hydrogens (tertiary/aromatic N) is 1. The molecule has 0 unspecified atom stereocenters. The second kappa shape index (κ2) is 11.2. The Morgan fingerprint density at radius 3 is 2.27 bits per heavy atom. The van der Waals surface area contributed by atoms with Crippen molar-refractivity contribution >= 4 is 29.9 Å². The van der Waals surface area contributed by atoms with Gasteiger partial charge in [-0.1, -0.05) is 20.3 Å². The molecule has 6 heteroatoms. The fraction of sp³-hybridized carbons (Fsp3) is 0.600. The lowest BCUT2D eigenvalue weighted by atomic mass is 9.95. The van der Waals surface area contributed by atoms with Crippen LogP contribution < -0.4 is 11.1 Å². The first-order chi connectivity index (χ1) is 12.1. The third-order valence-electron chi connectivity index (χ3n) is 4.97. The molecule has 2 rings (SSSR count). The number of amides is 2. The molecule has 1 aliphatic rings. The molecule has 1 aromatic carbocycles. The number of carbonyl (C=O) groups excluding carboxylic acids is 2. The number of rotatable bonds is 8. The molecule has 3 N–H and O–H groups in total. The maximum absolute atomic E-state index is 12.6. The Labute approximate surface area is 163 Å². The van der Waals surface area contributed by atoms with Gasteiger partial charge in [0.2, 0.25) is 5.91 Å². The van der Waals surface area contributed by atoms with Gasteiger partial charge in [0.25, 0.3) is 5.91 Å². The number of halogens is 1. The molecular formula is C20H32ClN3O2. The van der Waals surface area contributed by atoms with E-state index in [0.717, 1.165) is 50.9 Å². The molecular weight excluding hydrogens is 350 g/mol. The fourth-order valence-corrected chi connectivity index (χ4v) is 3.63. The second-order valence-electron chi connectivity index (χ2n) is 6.89. The predicted octanol–water partition coefficient (Wildman–Crippen LogP) is 3.68. The highest BCUT2D eigenvalue weighted by Gasteiger charge is 2.31. The van der Waals surface area contributed by atoms with E-state index >= 15 is 0 Å². The lowest BCUT2D eigenvalue weighted by Gasteiger charge is -2.21. The van der Waals surface area contributed by atoms with Gasteiger partial charge in [0.05, 0.1) is 0 Å². The summed E-state index contributed by atoms with van der Waals surface area (Å²) in [5, 5.41) is 2.97. The Hall–Kier alpha value is -1.59. The lowest BCUT2D eigenvalue weighted by molar-refractivity contribution is -0.120. The van der Waals surface area contributed by atoms with Crippen molar-refractivity contribution in [1.82, 2.24) is 4.90 Å². The largest absolute Gasteiger partial charge is 0.339 e. The Morgan fingerprint density at radius 1 is 1.12 bits per heavy atom. The van der Waals surface area contributed by atoms with Gasteiger partial charge in [-0.3, -0.25) is 9.59 Å². The highest BCUT2D eigenvalue weighted by Crippen LogP contribution is 2.31. The lowest BCUT2D eigenvalue weighted by Crippen LogP contribution is -2.32. The molecule has 0 saturated heterocycles. The summed E-state index contributed by atoms with van der Waals surface area (Å²) in [6.07, 6.45) is 4.91. The van der Waals surface area contributed by atoms with Crippen molar-refractivity contribution in [1.29, 1.82) is 0 Å². The minimum Gasteiger partial charge on any atom is -0.339 e. The molecule has 1 saturated carbocycles. The van der Waals surface area contributed by atoms with Crippen LogP contribution in [0.5, 0.6) is 0 Å². The molecule has 0 spiro atoms. The summed E-state index contributed by atoms with van der Waals surface area (Å²) in [6, 6.07) is 7.22. The number of nitrogens with two attached hydrogens (primary N) is 1. The van der Waals surface area contributed by atoms with Crippen LogP contribution in [0.25, 0.3) is 0 Å². The SMILES string of the molecule is CCCN(CCC)C(=O)c1ccc(NC(=O)[C@@H]2CCC[C@@H]2CN)cc1.Cl. The van der Waals surface area contributed by atoms with E-state index in [1.54, 1.807) is 12.1 Å². The fourth-order valence-electron chi connectivity index (χ4n) is 3.63. The minimum atomic E-state index is 0. The number of carbonyl (C=O) groups is 2. The van der Waals surface area contributed by atoms with Crippen molar-refractivity contribution in [3.05, 3.63) is 29.8 Å². The second-order valence-corrected chi connectivity index (χ2v) is 6.89. The first-order valence-corrected chi connectivity index (χ1v) is 9.50. The van der Waals surface area contributed by atoms with Gasteiger partial charge in [0, 0.05) is 30.3 Å². The molecule has 1 aliphatic carbocycles. The van der Waals surface area contributed by atoms with Crippen molar-refractivity contribution < 1.29 is 9.59 Å². The van der Waals surface area contributed by atoms with E-state index < -0.39 is 0 Å². The third-order valence-corrected chi connectivity index (χ3v) is 4.97. The molecule has 1 aromatic rings. The van der Waals surface area contributed by atoms with Gasteiger partial charge in [0.1, 0.15) is 0 Å². The monoisotopic (exact) mass is 381 g/mol. The molecule has 2 amide bonds. The normalized spacial score (nSPS) is 18.9. The molecule has 0 bridgehead atoms. The zero-order valence-corrected chi connectivity index (χ0v) is 16.7. The van der Waals surface area contributed by atoms with Gasteiger partial charge < -0.3 is 16.0 Å². The molecule has 1 fully saturated rings. The molecule has 0 radical (unpaired) electrons. The number of benzene rings is 1. The van der Waals surface area contributed by atoms with Crippen molar-refractivity contribution in [3.8, 4) is 0 Å². The highest BCUT2D eigenvalue weighted by atomic mass is 35.5. The van der Waals surface area contributed by atoms with Gasteiger partial charge in [-0.25, -0.2) is 0 Å². The van der Waals surface area contributed by atoms with Gasteiger partial charge in [-0.2, -0.15) is 0 Å². The smallest absolute Gasteiger partial charge is 0.253 e. The number of nitrogens with one attached hydrogen (secondary N) is 1. The number of hydrogen-bond donors (Lipinski definition) is 2. The first kappa shape index (κ1) is 22.5. The van der Waals surface area contributed by atoms with Crippen molar-refractivity contribution in [2.45, 2.75) is 46.0 Å². The van der Waals surface area contributed by atoms with Crippen LogP contribution in [-0.4, -0.2) is 36.3 Å². The topological polar surface area (TPSA) is 75.4 Å². The summed E-state index contributed by atoms with van der Waals surface area (Å²) in [5.74, 6) is 0.402. The number of anilines is 1. The van der Waals surface area contributed by atoms with E-state index in [0.29, 0.717) is 12.1 Å². The van der Waals surface area contributed by atoms with E-state index in [1.807, 2.05) is 17.0 Å². The zero-order chi connectivity index (χ0) is 18.2. The molecule has 0 aromatic heterocycles. The molecule has 5 nitrogen and oxygen atoms in total. The van der Waals surface area contributed by atoms with E-state index in [9.17, 15) is 9.59 Å². The first-order valence-electron chi connectivity index (χ1n) is 9.50. The maximum Gasteiger partial charge on any atom is 0.253 e. The Morgan fingerprint density at radius 2 is 1.73 bits per heavy atom. The minimum absolute atomic E-state index is 0. The molecule has 0 aliphatic heterocycles. The van der Waals surface area contributed by atoms with Gasteiger partial charge in [-0.15, -0.1) is 12.4 Å². The van der Waals surface area contributed by atoms with Crippen LogP contribution >= 0.6 is 12.4 Å². The average molecular weight is 382 g/mol. The van der Waals surface area contributed by atoms with Crippen molar-refractivity contribution in [2.75, 3.05) is 25.0 Å². The summed E-state index contributed by atoms with van der Waals surface area (Å²) in [5.41, 5.74) is 7.17. The van der Waals surface area contributed by atoms with Crippen molar-refractivity contribution in [2.24, 2.45) is 17.6 Å². The molecule has 146 valence electrons. The Kier molecular flexibility index (Phi) is 9.66. The standard InChI is InChI=1S/C20H31N3O2.ClH/c1-3-12-23(13-4-2)20(25)15-8-10-17(11-9-15)22-19(24)18-7-5-6-16(18)14-21;/h8-11,16,18H,3-7,12-14,21H2,1-2H3,(H,22,24);1H/t16-,18-;/m1./s1. The van der Waals surface area contributed by atoms with Gasteiger partial charge in [-0.05, 0) is 62.4 Å². The van der Waals surface area contributed by atoms with Crippen LogP contribution in [-0.2, 0) is 4.79 Å². The molecule has 0 heterocycles. The zero-order valence-electron chi connectivity index (χ0n) is 15.9. The number of hydrogen-bond acceptors (Lipinski definition) is 3. The van der Waals surface area contributed by atoms with Gasteiger partial charge >= 0.3 is 0 Å². The highest BCUT2D eigenvalue weighted by molar-refractivity contribution is 5.96. The summed E-state index contributed by atoms with van der Waals surface area (Å²) < 4.78 is 0. The average Bonchev–Trinajstić information content (AvgIpc) is 3.10. The molecule has 2 atom stereocenters. The van der Waals surface area contributed by atoms with Crippen LogP contribution in [0.3, 0.4) is 0 Å². The van der Waals surface area contributed by atoms with Crippen LogP contribution in [0, 0.1) is 11.8 Å². The van der Waals surface area contributed by atoms with Crippen LogP contribution in [0.1, 0.15) is 56.3 Å². The quantitative estimate of drug-likeness (QED) is 0.721. The van der Waals surface area contributed by atoms with E-state index in [4.69, 9.17) is 5.73 Å².